The summed E-state index contributed by atoms with van der Waals surface area (Å²) in [7, 11) is 4.75. The molecule has 24 heavy (non-hydrogen) atoms. The Morgan fingerprint density at radius 3 is 2.50 bits per heavy atom. The first-order valence-corrected chi connectivity index (χ1v) is 8.91. The van der Waals surface area contributed by atoms with Crippen LogP contribution in [0.3, 0.4) is 0 Å². The van der Waals surface area contributed by atoms with Crippen molar-refractivity contribution in [3.05, 3.63) is 89.5 Å². The second kappa shape index (κ2) is 5.75. The molecule has 0 spiro atoms. The Kier molecular flexibility index (Phi) is 3.69. The summed E-state index contributed by atoms with van der Waals surface area (Å²) in [5.41, 5.74) is 5.94. The van der Waals surface area contributed by atoms with E-state index in [-0.39, 0.29) is 0 Å². The van der Waals surface area contributed by atoms with E-state index in [4.69, 9.17) is 0 Å². The summed E-state index contributed by atoms with van der Waals surface area (Å²) < 4.78 is 1.06. The van der Waals surface area contributed by atoms with E-state index < -0.39 is 0 Å². The summed E-state index contributed by atoms with van der Waals surface area (Å²) in [6.45, 7) is 5.20. The molecule has 1 heteroatoms. The average molecular weight is 316 g/mol. The molecule has 1 heterocycles. The molecule has 1 saturated heterocycles. The Morgan fingerprint density at radius 2 is 1.75 bits per heavy atom. The fourth-order valence-corrected chi connectivity index (χ4v) is 4.86. The SMILES string of the molecule is C=CCC1C2=Cc3ccccc3C(c3ccccc3)C2C[N+]1(C)C. The van der Waals surface area contributed by atoms with Gasteiger partial charge in [-0.1, -0.05) is 60.7 Å². The second-order valence-corrected chi connectivity index (χ2v) is 7.77. The Labute approximate surface area is 145 Å². The van der Waals surface area contributed by atoms with E-state index >= 15 is 0 Å². The van der Waals surface area contributed by atoms with E-state index in [9.17, 15) is 0 Å². The first kappa shape index (κ1) is 15.4. The van der Waals surface area contributed by atoms with Crippen LogP contribution in [0, 0.1) is 5.92 Å². The summed E-state index contributed by atoms with van der Waals surface area (Å²) >= 11 is 0. The summed E-state index contributed by atoms with van der Waals surface area (Å²) in [6.07, 6.45) is 5.62. The van der Waals surface area contributed by atoms with Gasteiger partial charge in [0.25, 0.3) is 0 Å². The number of likely N-dealkylation sites (N-methyl/N-ethyl adjacent to an activating group) is 1. The molecule has 0 saturated carbocycles. The number of hydrogen-bond donors (Lipinski definition) is 0. The van der Waals surface area contributed by atoms with Gasteiger partial charge in [0.15, 0.2) is 0 Å². The maximum Gasteiger partial charge on any atom is 0.115 e. The third-order valence-electron chi connectivity index (χ3n) is 5.93. The molecule has 0 radical (unpaired) electrons. The molecule has 1 fully saturated rings. The Bertz CT molecular complexity index is 785. The van der Waals surface area contributed by atoms with Gasteiger partial charge in [-0.3, -0.25) is 0 Å². The number of quaternary nitrogens is 1. The molecule has 0 aromatic heterocycles. The second-order valence-electron chi connectivity index (χ2n) is 7.77. The number of nitrogens with zero attached hydrogens (tertiary/aromatic N) is 1. The summed E-state index contributed by atoms with van der Waals surface area (Å²) in [6, 6.07) is 20.5. The van der Waals surface area contributed by atoms with Gasteiger partial charge in [-0.05, 0) is 28.3 Å². The monoisotopic (exact) mass is 316 g/mol. The third kappa shape index (κ3) is 2.35. The van der Waals surface area contributed by atoms with Crippen molar-refractivity contribution < 1.29 is 4.48 Å². The van der Waals surface area contributed by atoms with Gasteiger partial charge < -0.3 is 4.48 Å². The van der Waals surface area contributed by atoms with Crippen LogP contribution in [-0.2, 0) is 0 Å². The Morgan fingerprint density at radius 1 is 1.04 bits per heavy atom. The van der Waals surface area contributed by atoms with Gasteiger partial charge in [0.1, 0.15) is 6.04 Å². The van der Waals surface area contributed by atoms with Gasteiger partial charge in [0.2, 0.25) is 0 Å². The van der Waals surface area contributed by atoms with Gasteiger partial charge >= 0.3 is 0 Å². The van der Waals surface area contributed by atoms with E-state index in [1.54, 1.807) is 5.57 Å². The number of hydrogen-bond acceptors (Lipinski definition) is 0. The first-order chi connectivity index (χ1) is 11.6. The van der Waals surface area contributed by atoms with Gasteiger partial charge in [-0.2, -0.15) is 0 Å². The van der Waals surface area contributed by atoms with Crippen molar-refractivity contribution in [3.63, 3.8) is 0 Å². The lowest BCUT2D eigenvalue weighted by molar-refractivity contribution is -0.900. The topological polar surface area (TPSA) is 0 Å². The van der Waals surface area contributed by atoms with Gasteiger partial charge in [0, 0.05) is 18.3 Å². The Balaban J connectivity index is 1.89. The average Bonchev–Trinajstić information content (AvgIpc) is 2.84. The number of benzene rings is 2. The van der Waals surface area contributed by atoms with Crippen molar-refractivity contribution in [3.8, 4) is 0 Å². The number of rotatable bonds is 3. The van der Waals surface area contributed by atoms with E-state index in [2.05, 4.69) is 87.4 Å². The zero-order valence-corrected chi connectivity index (χ0v) is 14.7. The van der Waals surface area contributed by atoms with Crippen molar-refractivity contribution in [2.24, 2.45) is 5.92 Å². The Hall–Kier alpha value is -2.12. The summed E-state index contributed by atoms with van der Waals surface area (Å²) in [5, 5.41) is 0. The molecule has 2 aromatic carbocycles. The van der Waals surface area contributed by atoms with Crippen LogP contribution in [0.15, 0.2) is 72.8 Å². The van der Waals surface area contributed by atoms with Crippen LogP contribution in [0.4, 0.5) is 0 Å². The molecule has 122 valence electrons. The largest absolute Gasteiger partial charge is 0.322 e. The van der Waals surface area contributed by atoms with Crippen LogP contribution in [0.1, 0.15) is 29.0 Å². The fourth-order valence-electron chi connectivity index (χ4n) is 4.86. The molecule has 3 unspecified atom stereocenters. The molecular weight excluding hydrogens is 290 g/mol. The predicted molar refractivity (Wildman–Crippen MR) is 102 cm³/mol. The van der Waals surface area contributed by atoms with E-state index in [1.807, 2.05) is 0 Å². The lowest BCUT2D eigenvalue weighted by Crippen LogP contribution is -2.44. The quantitative estimate of drug-likeness (QED) is 0.560. The minimum absolute atomic E-state index is 0.467. The molecule has 0 bridgehead atoms. The smallest absolute Gasteiger partial charge is 0.115 e. The molecule has 3 atom stereocenters. The third-order valence-corrected chi connectivity index (χ3v) is 5.93. The molecular formula is C23H26N+. The molecule has 2 aliphatic rings. The highest BCUT2D eigenvalue weighted by Gasteiger charge is 2.49. The summed E-state index contributed by atoms with van der Waals surface area (Å²) in [5.74, 6) is 1.05. The zero-order chi connectivity index (χ0) is 16.7. The lowest BCUT2D eigenvalue weighted by Gasteiger charge is -2.31. The van der Waals surface area contributed by atoms with E-state index in [0.29, 0.717) is 17.9 Å². The van der Waals surface area contributed by atoms with Crippen molar-refractivity contribution >= 4 is 6.08 Å². The van der Waals surface area contributed by atoms with Gasteiger partial charge in [-0.25, -0.2) is 0 Å². The summed E-state index contributed by atoms with van der Waals surface area (Å²) in [4.78, 5) is 0. The minimum atomic E-state index is 0.467. The molecule has 0 N–H and O–H groups in total. The maximum absolute atomic E-state index is 4.01. The molecule has 0 amide bonds. The minimum Gasteiger partial charge on any atom is -0.322 e. The van der Waals surface area contributed by atoms with Crippen molar-refractivity contribution in [1.29, 1.82) is 0 Å². The normalized spacial score (nSPS) is 27.1. The molecule has 1 aliphatic carbocycles. The van der Waals surface area contributed by atoms with Crippen LogP contribution in [-0.4, -0.2) is 31.2 Å². The first-order valence-electron chi connectivity index (χ1n) is 8.91. The van der Waals surface area contributed by atoms with Crippen LogP contribution in [0.25, 0.3) is 6.08 Å². The predicted octanol–water partition coefficient (Wildman–Crippen LogP) is 4.87. The molecule has 1 aliphatic heterocycles. The maximum atomic E-state index is 4.01. The van der Waals surface area contributed by atoms with Crippen LogP contribution in [0.5, 0.6) is 0 Å². The lowest BCUT2D eigenvalue weighted by atomic mass is 9.71. The number of fused-ring (bicyclic) bond motifs is 2. The zero-order valence-electron chi connectivity index (χ0n) is 14.7. The number of likely N-dealkylation sites (tertiary alicyclic amines) is 1. The van der Waals surface area contributed by atoms with Crippen LogP contribution in [0.2, 0.25) is 0 Å². The van der Waals surface area contributed by atoms with Crippen molar-refractivity contribution in [1.82, 2.24) is 0 Å². The standard InChI is InChI=1S/C23H26N/c1-4-10-22-20-15-18-13-8-9-14-19(18)23(17-11-6-5-7-12-17)21(20)16-24(22,2)3/h4-9,11-15,21-23H,1,10,16H2,2-3H3/q+1. The van der Waals surface area contributed by atoms with Gasteiger partial charge in [0.05, 0.1) is 20.6 Å². The van der Waals surface area contributed by atoms with Gasteiger partial charge in [-0.15, -0.1) is 6.58 Å². The van der Waals surface area contributed by atoms with E-state index in [1.165, 1.54) is 23.2 Å². The molecule has 2 aromatic rings. The highest BCUT2D eigenvalue weighted by molar-refractivity contribution is 5.65. The van der Waals surface area contributed by atoms with Crippen LogP contribution >= 0.6 is 0 Å². The fraction of sp³-hybridized carbons (Fsp3) is 0.304. The van der Waals surface area contributed by atoms with E-state index in [0.717, 1.165) is 10.9 Å². The molecule has 1 nitrogen and oxygen atoms in total. The van der Waals surface area contributed by atoms with Crippen LogP contribution < -0.4 is 0 Å². The molecule has 4 rings (SSSR count). The van der Waals surface area contributed by atoms with Crippen molar-refractivity contribution in [2.45, 2.75) is 18.4 Å². The highest BCUT2D eigenvalue weighted by atomic mass is 15.4. The highest BCUT2D eigenvalue weighted by Crippen LogP contribution is 2.50. The van der Waals surface area contributed by atoms with Crippen molar-refractivity contribution in [2.75, 3.05) is 20.6 Å².